The van der Waals surface area contributed by atoms with Crippen molar-refractivity contribution in [3.05, 3.63) is 59.7 Å². The number of nitrogens with one attached hydrogen (secondary N) is 1. The van der Waals surface area contributed by atoms with E-state index >= 15 is 0 Å². The summed E-state index contributed by atoms with van der Waals surface area (Å²) in [4.78, 5) is 19.1. The first kappa shape index (κ1) is 24.5. The van der Waals surface area contributed by atoms with E-state index in [0.717, 1.165) is 0 Å². The predicted octanol–water partition coefficient (Wildman–Crippen LogP) is 2.60. The summed E-state index contributed by atoms with van der Waals surface area (Å²) in [5, 5.41) is 38.2. The minimum Gasteiger partial charge on any atom is -0.505 e. The average Bonchev–Trinajstić information content (AvgIpc) is 3.44. The molecule has 0 amide bonds. The molecular formula is C22H28N6O4. The molecule has 170 valence electrons. The Kier molecular flexibility index (Phi) is 8.05. The highest BCUT2D eigenvalue weighted by Gasteiger charge is 2.17. The van der Waals surface area contributed by atoms with E-state index in [2.05, 4.69) is 24.9 Å². The molecule has 0 radical (unpaired) electrons. The van der Waals surface area contributed by atoms with Crippen molar-refractivity contribution >= 4 is 0 Å². The van der Waals surface area contributed by atoms with Crippen LogP contribution in [0.25, 0.3) is 22.8 Å². The van der Waals surface area contributed by atoms with Gasteiger partial charge in [0, 0.05) is 55.4 Å². The summed E-state index contributed by atoms with van der Waals surface area (Å²) in [6.07, 6.45) is 9.76. The Labute approximate surface area is 185 Å². The molecule has 10 heteroatoms. The van der Waals surface area contributed by atoms with Gasteiger partial charge in [0.15, 0.2) is 0 Å². The van der Waals surface area contributed by atoms with E-state index in [1.807, 2.05) is 7.05 Å². The summed E-state index contributed by atoms with van der Waals surface area (Å²) in [5.41, 5.74) is 3.21. The molecule has 32 heavy (non-hydrogen) atoms. The second kappa shape index (κ2) is 10.5. The first-order valence-corrected chi connectivity index (χ1v) is 9.43. The highest BCUT2D eigenvalue weighted by Crippen LogP contribution is 2.33. The molecule has 0 unspecified atom stereocenters. The Morgan fingerprint density at radius 2 is 1.41 bits per heavy atom. The first-order valence-electron chi connectivity index (χ1n) is 9.43. The molecule has 0 saturated carbocycles. The molecule has 0 spiro atoms. The van der Waals surface area contributed by atoms with Gasteiger partial charge in [-0.3, -0.25) is 9.97 Å². The third-order valence-corrected chi connectivity index (χ3v) is 4.75. The van der Waals surface area contributed by atoms with Gasteiger partial charge in [0.05, 0.1) is 35.7 Å². The first-order chi connectivity index (χ1) is 14.9. The fraction of sp³-hybridized carbons (Fsp3) is 0.273. The van der Waals surface area contributed by atoms with Crippen molar-refractivity contribution in [1.29, 1.82) is 0 Å². The molecule has 0 atom stereocenters. The minimum atomic E-state index is -0.184. The number of H-pyrrole nitrogens is 1. The van der Waals surface area contributed by atoms with Crippen LogP contribution in [0.5, 0.6) is 11.5 Å². The minimum absolute atomic E-state index is 0. The molecule has 4 aromatic heterocycles. The summed E-state index contributed by atoms with van der Waals surface area (Å²) in [6.45, 7) is 3.05. The maximum Gasteiger partial charge on any atom is 0.148 e. The third kappa shape index (κ3) is 4.76. The zero-order valence-electron chi connectivity index (χ0n) is 17.4. The number of aliphatic hydroxyl groups is 2. The second-order valence-electron chi connectivity index (χ2n) is 6.80. The number of aromatic nitrogens is 6. The van der Waals surface area contributed by atoms with E-state index in [9.17, 15) is 15.3 Å². The van der Waals surface area contributed by atoms with Gasteiger partial charge >= 0.3 is 0 Å². The van der Waals surface area contributed by atoms with Crippen molar-refractivity contribution in [2.24, 2.45) is 7.05 Å². The molecule has 0 bridgehead atoms. The number of aromatic amines is 1. The van der Waals surface area contributed by atoms with E-state index in [-0.39, 0.29) is 32.1 Å². The van der Waals surface area contributed by atoms with Crippen LogP contribution in [0.15, 0.2) is 37.2 Å². The average molecular weight is 441 g/mol. The molecule has 5 N–H and O–H groups in total. The molecule has 0 fully saturated rings. The van der Waals surface area contributed by atoms with E-state index in [4.69, 9.17) is 5.11 Å². The van der Waals surface area contributed by atoms with Crippen molar-refractivity contribution in [3.63, 3.8) is 0 Å². The molecule has 0 aliphatic carbocycles. The standard InChI is InChI=1S/C11H13N3O2.C10H11N3O2.CH4/c1-7-10(16)9(8(6-15)5-13-7)11-12-3-4-14(11)2;1-6-9(15)8(7(5-14)4-13-6)10-11-2-3-12-10;/h3-5,15-16H,6H2,1-2H3;2-4,14-15H,5H2,1H3,(H,11,12);1H4. The van der Waals surface area contributed by atoms with Crippen LogP contribution in [-0.4, -0.2) is 49.9 Å². The lowest BCUT2D eigenvalue weighted by Gasteiger charge is -2.10. The lowest BCUT2D eigenvalue weighted by molar-refractivity contribution is 0.281. The number of aromatic hydroxyl groups is 2. The van der Waals surface area contributed by atoms with Gasteiger partial charge in [-0.15, -0.1) is 0 Å². The van der Waals surface area contributed by atoms with Gasteiger partial charge in [-0.05, 0) is 13.8 Å². The number of aryl methyl sites for hydroxylation is 3. The zero-order valence-corrected chi connectivity index (χ0v) is 17.4. The normalized spacial score (nSPS) is 10.3. The van der Waals surface area contributed by atoms with Gasteiger partial charge in [0.25, 0.3) is 0 Å². The monoisotopic (exact) mass is 440 g/mol. The fourth-order valence-electron chi connectivity index (χ4n) is 3.03. The van der Waals surface area contributed by atoms with Crippen LogP contribution in [0.2, 0.25) is 0 Å². The quantitative estimate of drug-likeness (QED) is 0.324. The predicted molar refractivity (Wildman–Crippen MR) is 120 cm³/mol. The van der Waals surface area contributed by atoms with Gasteiger partial charge in [0.1, 0.15) is 23.1 Å². The molecular weight excluding hydrogens is 412 g/mol. The molecule has 0 aromatic carbocycles. The van der Waals surface area contributed by atoms with Crippen molar-refractivity contribution in [3.8, 4) is 34.3 Å². The van der Waals surface area contributed by atoms with Crippen molar-refractivity contribution in [2.75, 3.05) is 0 Å². The Hall–Kier alpha value is -3.76. The van der Waals surface area contributed by atoms with Crippen LogP contribution < -0.4 is 0 Å². The van der Waals surface area contributed by atoms with E-state index in [1.165, 1.54) is 6.20 Å². The zero-order chi connectivity index (χ0) is 22.5. The number of hydrogen-bond donors (Lipinski definition) is 5. The highest BCUT2D eigenvalue weighted by molar-refractivity contribution is 5.69. The topological polar surface area (TPSA) is 153 Å². The molecule has 0 aliphatic rings. The van der Waals surface area contributed by atoms with Crippen LogP contribution in [-0.2, 0) is 20.3 Å². The van der Waals surface area contributed by atoms with Crippen molar-refractivity contribution < 1.29 is 20.4 Å². The highest BCUT2D eigenvalue weighted by atomic mass is 16.3. The Morgan fingerprint density at radius 3 is 1.88 bits per heavy atom. The van der Waals surface area contributed by atoms with Gasteiger partial charge in [-0.25, -0.2) is 9.97 Å². The molecule has 4 aromatic rings. The molecule has 4 heterocycles. The summed E-state index contributed by atoms with van der Waals surface area (Å²) >= 11 is 0. The van der Waals surface area contributed by atoms with E-state index < -0.39 is 0 Å². The maximum atomic E-state index is 9.98. The van der Waals surface area contributed by atoms with Gasteiger partial charge in [-0.2, -0.15) is 0 Å². The summed E-state index contributed by atoms with van der Waals surface area (Å²) in [6, 6.07) is 0. The Balaban J connectivity index is 0.000000220. The van der Waals surface area contributed by atoms with Crippen LogP contribution in [0, 0.1) is 13.8 Å². The van der Waals surface area contributed by atoms with Gasteiger partial charge in [0.2, 0.25) is 0 Å². The smallest absolute Gasteiger partial charge is 0.148 e. The van der Waals surface area contributed by atoms with Crippen molar-refractivity contribution in [2.45, 2.75) is 34.5 Å². The number of rotatable bonds is 4. The summed E-state index contributed by atoms with van der Waals surface area (Å²) in [7, 11) is 1.83. The summed E-state index contributed by atoms with van der Waals surface area (Å²) in [5.74, 6) is 1.27. The number of hydrogen-bond acceptors (Lipinski definition) is 8. The fourth-order valence-corrected chi connectivity index (χ4v) is 3.03. The number of imidazole rings is 2. The van der Waals surface area contributed by atoms with Crippen LogP contribution in [0.3, 0.4) is 0 Å². The van der Waals surface area contributed by atoms with Gasteiger partial charge in [-0.1, -0.05) is 7.43 Å². The lowest BCUT2D eigenvalue weighted by atomic mass is 10.1. The SMILES string of the molecule is C.Cc1ncc(CO)c(-c2ncc[nH]2)c1O.Cc1ncc(CO)c(-c2nccn2C)c1O. The molecule has 4 rings (SSSR count). The molecule has 0 saturated heterocycles. The Morgan fingerprint density at radius 1 is 0.844 bits per heavy atom. The number of nitrogens with zero attached hydrogens (tertiary/aromatic N) is 5. The molecule has 0 aliphatic heterocycles. The summed E-state index contributed by atoms with van der Waals surface area (Å²) < 4.78 is 1.79. The van der Waals surface area contributed by atoms with Gasteiger partial charge < -0.3 is 30.0 Å². The molecule has 10 nitrogen and oxygen atoms in total. The lowest BCUT2D eigenvalue weighted by Crippen LogP contribution is -1.99. The second-order valence-corrected chi connectivity index (χ2v) is 6.80. The Bertz CT molecular complexity index is 1170. The number of aliphatic hydroxyl groups excluding tert-OH is 2. The van der Waals surface area contributed by atoms with Crippen LogP contribution in [0.1, 0.15) is 29.9 Å². The van der Waals surface area contributed by atoms with Crippen LogP contribution in [0.4, 0.5) is 0 Å². The van der Waals surface area contributed by atoms with Crippen molar-refractivity contribution in [1.82, 2.24) is 29.5 Å². The van der Waals surface area contributed by atoms with E-state index in [1.54, 1.807) is 49.4 Å². The number of pyridine rings is 2. The largest absolute Gasteiger partial charge is 0.505 e. The maximum absolute atomic E-state index is 9.98. The van der Waals surface area contributed by atoms with E-state index in [0.29, 0.717) is 45.3 Å². The third-order valence-electron chi connectivity index (χ3n) is 4.75. The van der Waals surface area contributed by atoms with Crippen LogP contribution >= 0.6 is 0 Å².